The van der Waals surface area contributed by atoms with E-state index in [9.17, 15) is 0 Å². The van der Waals surface area contributed by atoms with Crippen molar-refractivity contribution in [1.29, 1.82) is 5.26 Å². The molecule has 0 N–H and O–H groups in total. The summed E-state index contributed by atoms with van der Waals surface area (Å²) in [4.78, 5) is 4.00. The summed E-state index contributed by atoms with van der Waals surface area (Å²) in [5.41, 5.74) is 0.543. The average Bonchev–Trinajstić information content (AvgIpc) is 2.16. The summed E-state index contributed by atoms with van der Waals surface area (Å²) in [6.07, 6.45) is 2.49. The standard InChI is InChI=1S/C9H9BrN2O/c1-2-5-13-9-8(10)7(6-11)3-4-12-9/h3-4H,2,5H2,1H3. The lowest BCUT2D eigenvalue weighted by atomic mass is 10.3. The van der Waals surface area contributed by atoms with E-state index in [0.29, 0.717) is 22.5 Å². The molecule has 0 aliphatic carbocycles. The minimum atomic E-state index is 0.487. The quantitative estimate of drug-likeness (QED) is 0.816. The minimum absolute atomic E-state index is 0.487. The summed E-state index contributed by atoms with van der Waals surface area (Å²) in [6, 6.07) is 3.69. The third kappa shape index (κ3) is 2.43. The highest BCUT2D eigenvalue weighted by molar-refractivity contribution is 9.10. The lowest BCUT2D eigenvalue weighted by Crippen LogP contribution is -1.98. The maximum absolute atomic E-state index is 8.70. The fourth-order valence-corrected chi connectivity index (χ4v) is 1.25. The Morgan fingerprint density at radius 1 is 1.69 bits per heavy atom. The van der Waals surface area contributed by atoms with E-state index in [2.05, 4.69) is 20.9 Å². The van der Waals surface area contributed by atoms with Crippen molar-refractivity contribution < 1.29 is 4.74 Å². The van der Waals surface area contributed by atoms with E-state index in [1.54, 1.807) is 12.3 Å². The van der Waals surface area contributed by atoms with E-state index in [-0.39, 0.29) is 0 Å². The topological polar surface area (TPSA) is 45.9 Å². The zero-order valence-corrected chi connectivity index (χ0v) is 8.84. The number of hydrogen-bond donors (Lipinski definition) is 0. The molecule has 0 aliphatic heterocycles. The first-order valence-electron chi connectivity index (χ1n) is 3.97. The lowest BCUT2D eigenvalue weighted by Gasteiger charge is -2.05. The molecule has 1 aromatic rings. The van der Waals surface area contributed by atoms with Gasteiger partial charge >= 0.3 is 0 Å². The molecule has 0 saturated carbocycles. The third-order valence-electron chi connectivity index (χ3n) is 1.42. The van der Waals surface area contributed by atoms with E-state index >= 15 is 0 Å². The number of halogens is 1. The van der Waals surface area contributed by atoms with Gasteiger partial charge in [-0.15, -0.1) is 0 Å². The second kappa shape index (κ2) is 4.83. The first-order valence-corrected chi connectivity index (χ1v) is 4.76. The number of pyridine rings is 1. The normalized spacial score (nSPS) is 9.31. The molecule has 68 valence electrons. The molecule has 13 heavy (non-hydrogen) atoms. The van der Waals surface area contributed by atoms with E-state index in [4.69, 9.17) is 10.00 Å². The Morgan fingerprint density at radius 2 is 2.46 bits per heavy atom. The van der Waals surface area contributed by atoms with Crippen LogP contribution in [-0.2, 0) is 0 Å². The second-order valence-corrected chi connectivity index (χ2v) is 3.23. The van der Waals surface area contributed by atoms with Gasteiger partial charge in [0.25, 0.3) is 0 Å². The molecule has 1 rings (SSSR count). The summed E-state index contributed by atoms with van der Waals surface area (Å²) in [7, 11) is 0. The molecule has 1 heterocycles. The van der Waals surface area contributed by atoms with Gasteiger partial charge in [-0.2, -0.15) is 5.26 Å². The van der Waals surface area contributed by atoms with Crippen LogP contribution in [0, 0.1) is 11.3 Å². The molecule has 0 saturated heterocycles. The molecule has 0 aromatic carbocycles. The molecule has 0 fully saturated rings. The van der Waals surface area contributed by atoms with Crippen molar-refractivity contribution in [3.05, 3.63) is 22.3 Å². The van der Waals surface area contributed by atoms with Crippen molar-refractivity contribution in [1.82, 2.24) is 4.98 Å². The highest BCUT2D eigenvalue weighted by atomic mass is 79.9. The molecule has 0 spiro atoms. The number of hydrogen-bond acceptors (Lipinski definition) is 3. The SMILES string of the molecule is CCCOc1nccc(C#N)c1Br. The first kappa shape index (κ1) is 10.0. The fourth-order valence-electron chi connectivity index (χ4n) is 0.810. The molecule has 0 unspecified atom stereocenters. The molecule has 1 aromatic heterocycles. The molecule has 0 bridgehead atoms. The van der Waals surface area contributed by atoms with Gasteiger partial charge in [0.2, 0.25) is 5.88 Å². The van der Waals surface area contributed by atoms with Crippen LogP contribution in [0.25, 0.3) is 0 Å². The van der Waals surface area contributed by atoms with Crippen LogP contribution in [0.5, 0.6) is 5.88 Å². The van der Waals surface area contributed by atoms with Crippen molar-refractivity contribution in [2.24, 2.45) is 0 Å². The van der Waals surface area contributed by atoms with Crippen LogP contribution >= 0.6 is 15.9 Å². The number of aromatic nitrogens is 1. The lowest BCUT2D eigenvalue weighted by molar-refractivity contribution is 0.303. The van der Waals surface area contributed by atoms with Gasteiger partial charge in [0.05, 0.1) is 16.6 Å². The van der Waals surface area contributed by atoms with E-state index in [0.717, 1.165) is 6.42 Å². The summed E-state index contributed by atoms with van der Waals surface area (Å²) in [5.74, 6) is 0.487. The van der Waals surface area contributed by atoms with Crippen molar-refractivity contribution in [3.63, 3.8) is 0 Å². The van der Waals surface area contributed by atoms with Gasteiger partial charge in [-0.3, -0.25) is 0 Å². The predicted molar refractivity (Wildman–Crippen MR) is 52.4 cm³/mol. The van der Waals surface area contributed by atoms with Crippen LogP contribution < -0.4 is 4.74 Å². The number of ether oxygens (including phenoxy) is 1. The van der Waals surface area contributed by atoms with Crippen molar-refractivity contribution >= 4 is 15.9 Å². The van der Waals surface area contributed by atoms with Gasteiger partial charge in [0, 0.05) is 6.20 Å². The highest BCUT2D eigenvalue weighted by Crippen LogP contribution is 2.25. The predicted octanol–water partition coefficient (Wildman–Crippen LogP) is 2.50. The van der Waals surface area contributed by atoms with Crippen LogP contribution in [0.15, 0.2) is 16.7 Å². The summed E-state index contributed by atoms with van der Waals surface area (Å²) in [5, 5.41) is 8.70. The Morgan fingerprint density at radius 3 is 3.08 bits per heavy atom. The van der Waals surface area contributed by atoms with Crippen LogP contribution in [0.4, 0.5) is 0 Å². The Kier molecular flexibility index (Phi) is 3.71. The average molecular weight is 241 g/mol. The van der Waals surface area contributed by atoms with Gasteiger partial charge in [-0.1, -0.05) is 6.92 Å². The zero-order chi connectivity index (χ0) is 9.68. The summed E-state index contributed by atoms with van der Waals surface area (Å²) < 4.78 is 5.95. The maximum Gasteiger partial charge on any atom is 0.229 e. The monoisotopic (exact) mass is 240 g/mol. The smallest absolute Gasteiger partial charge is 0.229 e. The number of rotatable bonds is 3. The zero-order valence-electron chi connectivity index (χ0n) is 7.25. The first-order chi connectivity index (χ1) is 6.29. The molecular weight excluding hydrogens is 232 g/mol. The van der Waals surface area contributed by atoms with Crippen molar-refractivity contribution in [2.45, 2.75) is 13.3 Å². The Hall–Kier alpha value is -1.08. The maximum atomic E-state index is 8.70. The Labute approximate surface area is 85.5 Å². The van der Waals surface area contributed by atoms with Gasteiger partial charge in [-0.25, -0.2) is 4.98 Å². The van der Waals surface area contributed by atoms with Crippen LogP contribution in [0.1, 0.15) is 18.9 Å². The summed E-state index contributed by atoms with van der Waals surface area (Å²) >= 11 is 3.26. The second-order valence-electron chi connectivity index (χ2n) is 2.44. The Bertz CT molecular complexity index is 333. The highest BCUT2D eigenvalue weighted by Gasteiger charge is 2.06. The number of nitrogens with zero attached hydrogens (tertiary/aromatic N) is 2. The van der Waals surface area contributed by atoms with Crippen LogP contribution in [-0.4, -0.2) is 11.6 Å². The molecule has 0 atom stereocenters. The largest absolute Gasteiger partial charge is 0.477 e. The van der Waals surface area contributed by atoms with Gasteiger partial charge in [0.1, 0.15) is 6.07 Å². The molecular formula is C9H9BrN2O. The van der Waals surface area contributed by atoms with E-state index < -0.39 is 0 Å². The molecule has 4 heteroatoms. The van der Waals surface area contributed by atoms with Gasteiger partial charge < -0.3 is 4.74 Å². The summed E-state index contributed by atoms with van der Waals surface area (Å²) in [6.45, 7) is 2.63. The third-order valence-corrected chi connectivity index (χ3v) is 2.19. The van der Waals surface area contributed by atoms with Gasteiger partial charge in [0.15, 0.2) is 0 Å². The molecule has 3 nitrogen and oxygen atoms in total. The van der Waals surface area contributed by atoms with Crippen molar-refractivity contribution in [3.8, 4) is 11.9 Å². The molecule has 0 aliphatic rings. The van der Waals surface area contributed by atoms with E-state index in [1.807, 2.05) is 13.0 Å². The fraction of sp³-hybridized carbons (Fsp3) is 0.333. The van der Waals surface area contributed by atoms with Crippen LogP contribution in [0.3, 0.4) is 0 Å². The molecule has 0 amide bonds. The number of nitriles is 1. The Balaban J connectivity index is 2.90. The molecule has 0 radical (unpaired) electrons. The minimum Gasteiger partial charge on any atom is -0.477 e. The van der Waals surface area contributed by atoms with E-state index in [1.165, 1.54) is 0 Å². The van der Waals surface area contributed by atoms with Gasteiger partial charge in [-0.05, 0) is 28.4 Å². The van der Waals surface area contributed by atoms with Crippen molar-refractivity contribution in [2.75, 3.05) is 6.61 Å². The van der Waals surface area contributed by atoms with Crippen LogP contribution in [0.2, 0.25) is 0 Å².